The molecule has 2 N–H and O–H groups in total. The lowest BCUT2D eigenvalue weighted by atomic mass is 9.86. The Morgan fingerprint density at radius 3 is 2.62 bits per heavy atom. The number of rotatable bonds is 4. The van der Waals surface area contributed by atoms with Crippen LogP contribution < -0.4 is 0 Å². The molecule has 2 aliphatic rings. The van der Waals surface area contributed by atoms with Gasteiger partial charge < -0.3 is 19.9 Å². The minimum Gasteiger partial charge on any atom is -0.465 e. The van der Waals surface area contributed by atoms with Crippen molar-refractivity contribution in [3.8, 4) is 11.1 Å². The van der Waals surface area contributed by atoms with Crippen LogP contribution in [0, 0.1) is 6.92 Å². The third-order valence-electron chi connectivity index (χ3n) is 8.38. The molecule has 1 fully saturated rings. The monoisotopic (exact) mass is 580 g/mol. The third kappa shape index (κ3) is 4.68. The molecule has 220 valence electrons. The molecule has 0 spiro atoms. The smallest absolute Gasteiger partial charge is 0.433 e. The van der Waals surface area contributed by atoms with Crippen LogP contribution in [0.3, 0.4) is 0 Å². The van der Waals surface area contributed by atoms with Crippen LogP contribution in [0.4, 0.5) is 18.0 Å². The van der Waals surface area contributed by atoms with E-state index in [0.717, 1.165) is 55.3 Å². The summed E-state index contributed by atoms with van der Waals surface area (Å²) in [5.41, 5.74) is 4.56. The second-order valence-electron chi connectivity index (χ2n) is 11.3. The maximum Gasteiger partial charge on any atom is 0.433 e. The number of amides is 2. The quantitative estimate of drug-likeness (QED) is 0.293. The fourth-order valence-corrected chi connectivity index (χ4v) is 6.31. The summed E-state index contributed by atoms with van der Waals surface area (Å²) in [4.78, 5) is 36.3. The molecule has 42 heavy (non-hydrogen) atoms. The molecule has 0 saturated carbocycles. The van der Waals surface area contributed by atoms with E-state index in [-0.39, 0.29) is 13.1 Å². The number of likely N-dealkylation sites (tertiary alicyclic amines) is 1. The van der Waals surface area contributed by atoms with Crippen LogP contribution in [-0.2, 0) is 19.1 Å². The Morgan fingerprint density at radius 1 is 1.12 bits per heavy atom. The van der Waals surface area contributed by atoms with Crippen LogP contribution in [-0.4, -0.2) is 59.7 Å². The summed E-state index contributed by atoms with van der Waals surface area (Å²) >= 11 is 0. The van der Waals surface area contributed by atoms with Crippen LogP contribution in [0.2, 0.25) is 0 Å². The minimum absolute atomic E-state index is 0.0755. The highest BCUT2D eigenvalue weighted by atomic mass is 19.4. The predicted molar refractivity (Wildman–Crippen MR) is 149 cm³/mol. The summed E-state index contributed by atoms with van der Waals surface area (Å²) < 4.78 is 43.0. The topological polar surface area (TPSA) is 107 Å². The number of nitrogens with zero attached hydrogens (tertiary/aromatic N) is 5. The van der Waals surface area contributed by atoms with Gasteiger partial charge in [0.1, 0.15) is 5.65 Å². The van der Waals surface area contributed by atoms with Crippen LogP contribution >= 0.6 is 0 Å². The highest BCUT2D eigenvalue weighted by Gasteiger charge is 2.42. The number of halogens is 3. The summed E-state index contributed by atoms with van der Waals surface area (Å²) in [5, 5.41) is 14.8. The normalized spacial score (nSPS) is 17.4. The van der Waals surface area contributed by atoms with Gasteiger partial charge in [-0.1, -0.05) is 6.07 Å². The van der Waals surface area contributed by atoms with E-state index in [1.54, 1.807) is 20.0 Å². The Balaban J connectivity index is 1.43. The van der Waals surface area contributed by atoms with Crippen molar-refractivity contribution in [1.82, 2.24) is 29.5 Å². The first-order valence-electron chi connectivity index (χ1n) is 14.0. The van der Waals surface area contributed by atoms with Crippen LogP contribution in [0.1, 0.15) is 77.1 Å². The van der Waals surface area contributed by atoms with Gasteiger partial charge in [0.05, 0.1) is 17.8 Å². The molecule has 1 aromatic carbocycles. The highest BCUT2D eigenvalue weighted by molar-refractivity contribution is 5.95. The number of hydrogen-bond donors (Lipinski definition) is 2. The molecule has 0 bridgehead atoms. The molecule has 0 radical (unpaired) electrons. The van der Waals surface area contributed by atoms with E-state index < -0.39 is 41.5 Å². The number of H-pyrrole nitrogens is 1. The van der Waals surface area contributed by atoms with Crippen molar-refractivity contribution in [3.63, 3.8) is 0 Å². The number of nitrogens with one attached hydrogen (secondary N) is 1. The molecule has 6 rings (SSSR count). The summed E-state index contributed by atoms with van der Waals surface area (Å²) in [7, 11) is 0. The summed E-state index contributed by atoms with van der Waals surface area (Å²) in [5.74, 6) is -0.742. The molecule has 12 heteroatoms. The van der Waals surface area contributed by atoms with Gasteiger partial charge in [-0.15, -0.1) is 0 Å². The van der Waals surface area contributed by atoms with Gasteiger partial charge in [0.15, 0.2) is 5.69 Å². The molecule has 2 amide bonds. The predicted octanol–water partition coefficient (Wildman–Crippen LogP) is 6.35. The van der Waals surface area contributed by atoms with Crippen molar-refractivity contribution in [2.45, 2.75) is 64.8 Å². The van der Waals surface area contributed by atoms with E-state index in [1.807, 2.05) is 31.3 Å². The molecule has 1 atom stereocenters. The molecule has 3 aromatic heterocycles. The van der Waals surface area contributed by atoms with E-state index in [0.29, 0.717) is 25.8 Å². The maximum absolute atomic E-state index is 14.1. The molecule has 1 saturated heterocycles. The van der Waals surface area contributed by atoms with E-state index in [9.17, 15) is 27.9 Å². The molecule has 9 nitrogen and oxygen atoms in total. The number of hydrogen-bond acceptors (Lipinski definition) is 4. The number of fused-ring (bicyclic) bond motifs is 2. The fraction of sp³-hybridized carbons (Fsp3) is 0.400. The van der Waals surface area contributed by atoms with Crippen molar-refractivity contribution in [3.05, 3.63) is 70.3 Å². The van der Waals surface area contributed by atoms with Gasteiger partial charge >= 0.3 is 12.3 Å². The second-order valence-corrected chi connectivity index (χ2v) is 11.3. The number of carbonyl (C=O) groups is 2. The van der Waals surface area contributed by atoms with Crippen LogP contribution in [0.15, 0.2) is 36.8 Å². The number of pyridine rings is 1. The maximum atomic E-state index is 14.1. The Hall–Kier alpha value is -4.35. The molecular weight excluding hydrogens is 549 g/mol. The zero-order valence-electron chi connectivity index (χ0n) is 23.5. The van der Waals surface area contributed by atoms with Gasteiger partial charge in [0.25, 0.3) is 5.91 Å². The van der Waals surface area contributed by atoms with Gasteiger partial charge in [0, 0.05) is 49.0 Å². The van der Waals surface area contributed by atoms with Crippen molar-refractivity contribution < 1.29 is 27.9 Å². The summed E-state index contributed by atoms with van der Waals surface area (Å²) in [6, 6.07) is 5.03. The minimum atomic E-state index is -4.75. The average Bonchev–Trinajstić information content (AvgIpc) is 3.70. The van der Waals surface area contributed by atoms with Gasteiger partial charge in [-0.2, -0.15) is 18.3 Å². The van der Waals surface area contributed by atoms with Crippen molar-refractivity contribution >= 4 is 23.0 Å². The summed E-state index contributed by atoms with van der Waals surface area (Å²) in [6.07, 6.45) is 0.614. The zero-order chi connectivity index (χ0) is 29.9. The lowest BCUT2D eigenvalue weighted by Crippen LogP contribution is -2.38. The first-order chi connectivity index (χ1) is 19.9. The molecular formula is C30H31F3N6O3. The zero-order valence-corrected chi connectivity index (χ0v) is 23.5. The van der Waals surface area contributed by atoms with Crippen molar-refractivity contribution in [1.29, 1.82) is 0 Å². The van der Waals surface area contributed by atoms with E-state index in [2.05, 4.69) is 15.1 Å². The van der Waals surface area contributed by atoms with Crippen molar-refractivity contribution in [2.24, 2.45) is 0 Å². The second kappa shape index (κ2) is 10.2. The van der Waals surface area contributed by atoms with E-state index in [4.69, 9.17) is 0 Å². The Labute approximate surface area is 239 Å². The Bertz CT molecular complexity index is 1710. The van der Waals surface area contributed by atoms with Gasteiger partial charge in [-0.25, -0.2) is 9.78 Å². The molecule has 2 aliphatic heterocycles. The number of aromatic nitrogens is 4. The first kappa shape index (κ1) is 27.8. The Morgan fingerprint density at radius 2 is 1.90 bits per heavy atom. The van der Waals surface area contributed by atoms with E-state index in [1.165, 1.54) is 9.80 Å². The van der Waals surface area contributed by atoms with Crippen LogP contribution in [0.25, 0.3) is 22.2 Å². The van der Waals surface area contributed by atoms with Gasteiger partial charge in [-0.3, -0.25) is 9.48 Å². The Kier molecular flexibility index (Phi) is 6.74. The average molecular weight is 581 g/mol. The molecule has 5 heterocycles. The third-order valence-corrected chi connectivity index (χ3v) is 8.38. The number of aryl methyl sites for hydroxylation is 1. The standard InChI is InChI=1S/C30H31F3N6O3/c1-16(2)39-26(30(31,32)33)23(14-36-39)28(40)37-8-6-18-9-19(20-11-21-17(3)12-34-27(21)35-13-20)10-22(24(18)15-37)25-5-4-7-38(25)29(41)42/h9-14,16,25H,4-8,15H2,1-3H3,(H,34,35)(H,41,42). The first-order valence-corrected chi connectivity index (χ1v) is 14.0. The van der Waals surface area contributed by atoms with Crippen molar-refractivity contribution in [2.75, 3.05) is 13.1 Å². The van der Waals surface area contributed by atoms with Gasteiger partial charge in [0.2, 0.25) is 0 Å². The molecule has 1 unspecified atom stereocenters. The molecule has 0 aliphatic carbocycles. The highest BCUT2D eigenvalue weighted by Crippen LogP contribution is 2.41. The lowest BCUT2D eigenvalue weighted by molar-refractivity contribution is -0.145. The number of aromatic amines is 1. The summed E-state index contributed by atoms with van der Waals surface area (Å²) in [6.45, 7) is 5.84. The van der Waals surface area contributed by atoms with Crippen LogP contribution in [0.5, 0.6) is 0 Å². The SMILES string of the molecule is Cc1c[nH]c2ncc(-c3cc4c(c(C5CCCN5C(=O)O)c3)CN(C(=O)c3cnn(C(C)C)c3C(F)(F)F)CC4)cc12. The van der Waals surface area contributed by atoms with E-state index >= 15 is 0 Å². The molecule has 4 aromatic rings. The number of carboxylic acid groups (broad SMARTS) is 1. The fourth-order valence-electron chi connectivity index (χ4n) is 6.31. The lowest BCUT2D eigenvalue weighted by Gasteiger charge is -2.34. The van der Waals surface area contributed by atoms with Gasteiger partial charge in [-0.05, 0) is 80.0 Å². The number of carbonyl (C=O) groups excluding carboxylic acids is 1. The number of alkyl halides is 3. The largest absolute Gasteiger partial charge is 0.465 e. The number of benzene rings is 1.